The first kappa shape index (κ1) is 14.4. The third-order valence-corrected chi connectivity index (χ3v) is 3.29. The summed E-state index contributed by atoms with van der Waals surface area (Å²) in [7, 11) is 0. The maximum absolute atomic E-state index is 11.9. The molecule has 20 heavy (non-hydrogen) atoms. The van der Waals surface area contributed by atoms with Crippen LogP contribution >= 0.6 is 12.2 Å². The van der Waals surface area contributed by atoms with Gasteiger partial charge in [-0.25, -0.2) is 0 Å². The monoisotopic (exact) mass is 288 g/mol. The Kier molecular flexibility index (Phi) is 5.03. The Morgan fingerprint density at radius 1 is 1.25 bits per heavy atom. The van der Waals surface area contributed by atoms with E-state index in [9.17, 15) is 9.90 Å². The van der Waals surface area contributed by atoms with Gasteiger partial charge in [-0.2, -0.15) is 0 Å². The number of aromatic nitrogens is 1. The van der Waals surface area contributed by atoms with Gasteiger partial charge in [0.25, 0.3) is 5.91 Å². The molecule has 0 spiro atoms. The second kappa shape index (κ2) is 6.98. The molecular weight excluding hydrogens is 272 g/mol. The summed E-state index contributed by atoms with van der Waals surface area (Å²) in [5, 5.41) is 12.7. The van der Waals surface area contributed by atoms with E-state index >= 15 is 0 Å². The number of hydrogen-bond acceptors (Lipinski definition) is 3. The van der Waals surface area contributed by atoms with Gasteiger partial charge in [-0.05, 0) is 24.1 Å². The van der Waals surface area contributed by atoms with E-state index < -0.39 is 6.10 Å². The Balaban J connectivity index is 1.86. The molecule has 1 atom stereocenters. The van der Waals surface area contributed by atoms with E-state index in [-0.39, 0.29) is 5.91 Å². The standard InChI is InChI=1S/C15H16N2O2S/c18-13(11-5-2-1-3-6-11)8-10-16-14(19)12-7-4-9-17-15(12)20/h1-7,9,13,18H,8,10H2,(H,16,19)(H,17,20)/t13-/m0/s1. The molecule has 0 unspecified atom stereocenters. The van der Waals surface area contributed by atoms with E-state index in [2.05, 4.69) is 10.3 Å². The Bertz CT molecular complexity index is 625. The van der Waals surface area contributed by atoms with Crippen LogP contribution in [0.4, 0.5) is 0 Å². The van der Waals surface area contributed by atoms with Crippen molar-refractivity contribution in [2.24, 2.45) is 0 Å². The van der Waals surface area contributed by atoms with E-state index in [0.717, 1.165) is 5.56 Å². The molecule has 0 fully saturated rings. The molecular formula is C15H16N2O2S. The highest BCUT2D eigenvalue weighted by molar-refractivity contribution is 7.71. The Morgan fingerprint density at radius 2 is 2.00 bits per heavy atom. The fourth-order valence-corrected chi connectivity index (χ4v) is 2.09. The molecule has 1 amide bonds. The molecule has 0 aliphatic heterocycles. The van der Waals surface area contributed by atoms with Gasteiger partial charge in [0.15, 0.2) is 0 Å². The number of aliphatic hydroxyl groups excluding tert-OH is 1. The highest BCUT2D eigenvalue weighted by atomic mass is 32.1. The highest BCUT2D eigenvalue weighted by Crippen LogP contribution is 2.14. The zero-order chi connectivity index (χ0) is 14.4. The van der Waals surface area contributed by atoms with Gasteiger partial charge < -0.3 is 15.4 Å². The van der Waals surface area contributed by atoms with Gasteiger partial charge in [-0.1, -0.05) is 42.5 Å². The lowest BCUT2D eigenvalue weighted by Crippen LogP contribution is -2.26. The third-order valence-electron chi connectivity index (χ3n) is 2.95. The van der Waals surface area contributed by atoms with Gasteiger partial charge in [0.2, 0.25) is 0 Å². The second-order valence-corrected chi connectivity index (χ2v) is 4.79. The first-order valence-electron chi connectivity index (χ1n) is 6.37. The lowest BCUT2D eigenvalue weighted by molar-refractivity contribution is 0.0942. The first-order valence-corrected chi connectivity index (χ1v) is 6.78. The number of aliphatic hydroxyl groups is 1. The number of hydrogen-bond donors (Lipinski definition) is 3. The topological polar surface area (TPSA) is 65.1 Å². The Labute approximate surface area is 122 Å². The summed E-state index contributed by atoms with van der Waals surface area (Å²) in [6.45, 7) is 0.387. The largest absolute Gasteiger partial charge is 0.388 e. The number of rotatable bonds is 5. The molecule has 2 rings (SSSR count). The minimum absolute atomic E-state index is 0.230. The summed E-state index contributed by atoms with van der Waals surface area (Å²) in [6.07, 6.45) is 1.55. The molecule has 1 aromatic heterocycles. The van der Waals surface area contributed by atoms with Crippen molar-refractivity contribution in [1.82, 2.24) is 10.3 Å². The van der Waals surface area contributed by atoms with E-state index in [1.54, 1.807) is 18.3 Å². The van der Waals surface area contributed by atoms with E-state index in [4.69, 9.17) is 12.2 Å². The predicted molar refractivity (Wildman–Crippen MR) is 80.0 cm³/mol. The summed E-state index contributed by atoms with van der Waals surface area (Å²) in [5.41, 5.74) is 1.29. The normalized spacial score (nSPS) is 11.8. The molecule has 0 bridgehead atoms. The van der Waals surface area contributed by atoms with Crippen LogP contribution in [-0.2, 0) is 0 Å². The number of nitrogens with one attached hydrogen (secondary N) is 2. The van der Waals surface area contributed by atoms with Crippen LogP contribution in [0.25, 0.3) is 0 Å². The van der Waals surface area contributed by atoms with Crippen LogP contribution in [0, 0.1) is 4.64 Å². The van der Waals surface area contributed by atoms with Crippen molar-refractivity contribution >= 4 is 18.1 Å². The van der Waals surface area contributed by atoms with E-state index in [0.29, 0.717) is 23.2 Å². The number of amides is 1. The molecule has 0 radical (unpaired) electrons. The molecule has 0 saturated carbocycles. The van der Waals surface area contributed by atoms with Gasteiger partial charge >= 0.3 is 0 Å². The Morgan fingerprint density at radius 3 is 2.70 bits per heavy atom. The molecule has 104 valence electrons. The smallest absolute Gasteiger partial charge is 0.254 e. The van der Waals surface area contributed by atoms with Gasteiger partial charge in [0, 0.05) is 12.7 Å². The fourth-order valence-electron chi connectivity index (χ4n) is 1.86. The van der Waals surface area contributed by atoms with Crippen molar-refractivity contribution in [2.45, 2.75) is 12.5 Å². The van der Waals surface area contributed by atoms with Crippen LogP contribution in [0.3, 0.4) is 0 Å². The second-order valence-electron chi connectivity index (χ2n) is 4.38. The minimum Gasteiger partial charge on any atom is -0.388 e. The summed E-state index contributed by atoms with van der Waals surface area (Å²) in [4.78, 5) is 14.7. The van der Waals surface area contributed by atoms with E-state index in [1.807, 2.05) is 30.3 Å². The van der Waals surface area contributed by atoms with Crippen LogP contribution in [-0.4, -0.2) is 22.5 Å². The van der Waals surface area contributed by atoms with Crippen molar-refractivity contribution in [2.75, 3.05) is 6.54 Å². The molecule has 1 heterocycles. The minimum atomic E-state index is -0.582. The lowest BCUT2D eigenvalue weighted by Gasteiger charge is -2.11. The van der Waals surface area contributed by atoms with Crippen LogP contribution in [0.1, 0.15) is 28.4 Å². The molecule has 3 N–H and O–H groups in total. The van der Waals surface area contributed by atoms with Gasteiger partial charge in [-0.15, -0.1) is 0 Å². The molecule has 0 saturated heterocycles. The van der Waals surface area contributed by atoms with Crippen LogP contribution in [0.15, 0.2) is 48.7 Å². The van der Waals surface area contributed by atoms with Crippen molar-refractivity contribution in [3.63, 3.8) is 0 Å². The molecule has 2 aromatic rings. The number of carbonyl (C=O) groups excluding carboxylic acids is 1. The number of carbonyl (C=O) groups is 1. The quantitative estimate of drug-likeness (QED) is 0.741. The van der Waals surface area contributed by atoms with Crippen LogP contribution < -0.4 is 5.32 Å². The van der Waals surface area contributed by atoms with Crippen molar-refractivity contribution in [1.29, 1.82) is 0 Å². The summed E-state index contributed by atoms with van der Waals surface area (Å²) in [6, 6.07) is 12.8. The maximum Gasteiger partial charge on any atom is 0.254 e. The zero-order valence-corrected chi connectivity index (χ0v) is 11.7. The highest BCUT2D eigenvalue weighted by Gasteiger charge is 2.09. The van der Waals surface area contributed by atoms with Crippen LogP contribution in [0.2, 0.25) is 0 Å². The van der Waals surface area contributed by atoms with Gasteiger partial charge in [0.05, 0.1) is 11.7 Å². The van der Waals surface area contributed by atoms with Gasteiger partial charge in [-0.3, -0.25) is 4.79 Å². The summed E-state index contributed by atoms with van der Waals surface area (Å²) < 4.78 is 0.411. The number of aromatic amines is 1. The third kappa shape index (κ3) is 3.76. The molecule has 0 aliphatic rings. The van der Waals surface area contributed by atoms with E-state index in [1.165, 1.54) is 0 Å². The maximum atomic E-state index is 11.9. The molecule has 4 nitrogen and oxygen atoms in total. The van der Waals surface area contributed by atoms with Crippen molar-refractivity contribution in [3.05, 3.63) is 64.4 Å². The predicted octanol–water partition coefficient (Wildman–Crippen LogP) is 2.60. The van der Waals surface area contributed by atoms with Crippen molar-refractivity contribution in [3.8, 4) is 0 Å². The number of pyridine rings is 1. The SMILES string of the molecule is O=C(NCC[C@H](O)c1ccccc1)c1ccc[nH]c1=S. The lowest BCUT2D eigenvalue weighted by atomic mass is 10.1. The van der Waals surface area contributed by atoms with Gasteiger partial charge in [0.1, 0.15) is 4.64 Å². The first-order chi connectivity index (χ1) is 9.68. The average molecular weight is 288 g/mol. The Hall–Kier alpha value is -1.98. The average Bonchev–Trinajstić information content (AvgIpc) is 2.48. The fraction of sp³-hybridized carbons (Fsp3) is 0.200. The summed E-state index contributed by atoms with van der Waals surface area (Å²) >= 11 is 5.04. The van der Waals surface area contributed by atoms with Crippen LogP contribution in [0.5, 0.6) is 0 Å². The zero-order valence-electron chi connectivity index (χ0n) is 10.9. The number of benzene rings is 1. The molecule has 5 heteroatoms. The van der Waals surface area contributed by atoms with Crippen molar-refractivity contribution < 1.29 is 9.90 Å². The molecule has 0 aliphatic carbocycles. The molecule has 1 aromatic carbocycles. The number of H-pyrrole nitrogens is 1. The summed E-state index contributed by atoms with van der Waals surface area (Å²) in [5.74, 6) is -0.230.